The van der Waals surface area contributed by atoms with Gasteiger partial charge in [-0.05, 0) is 13.0 Å². The second-order valence-corrected chi connectivity index (χ2v) is 3.80. The summed E-state index contributed by atoms with van der Waals surface area (Å²) in [6.45, 7) is 1.98. The number of phenolic OH excluding ortho intramolecular Hbond substituents is 1. The topological polar surface area (TPSA) is 90.5 Å². The quantitative estimate of drug-likeness (QED) is 0.620. The fourth-order valence-corrected chi connectivity index (χ4v) is 1.30. The van der Waals surface area contributed by atoms with E-state index >= 15 is 0 Å². The van der Waals surface area contributed by atoms with Gasteiger partial charge in [0.25, 0.3) is 0 Å². The Kier molecular flexibility index (Phi) is 5.13. The number of hydrogen-bond donors (Lipinski definition) is 4. The zero-order valence-electron chi connectivity index (χ0n) is 10.4. The molecular formula is C12H17N3O3. The molecule has 6 nitrogen and oxygen atoms in total. The molecule has 1 atom stereocenters. The molecule has 0 saturated heterocycles. The average Bonchev–Trinajstić information content (AvgIpc) is 2.37. The van der Waals surface area contributed by atoms with Crippen LogP contribution in [0.15, 0.2) is 24.3 Å². The van der Waals surface area contributed by atoms with E-state index in [0.29, 0.717) is 12.1 Å². The number of phenols is 1. The minimum absolute atomic E-state index is 0.170. The third-order valence-corrected chi connectivity index (χ3v) is 2.45. The van der Waals surface area contributed by atoms with Gasteiger partial charge in [-0.25, -0.2) is 4.79 Å². The van der Waals surface area contributed by atoms with E-state index < -0.39 is 18.0 Å². The number of para-hydroxylation sites is 1. The Labute approximate surface area is 105 Å². The first-order chi connectivity index (χ1) is 8.54. The van der Waals surface area contributed by atoms with Gasteiger partial charge in [-0.15, -0.1) is 0 Å². The first kappa shape index (κ1) is 14.0. The van der Waals surface area contributed by atoms with Crippen LogP contribution in [0.2, 0.25) is 0 Å². The molecule has 18 heavy (non-hydrogen) atoms. The normalized spacial score (nSPS) is 11.7. The molecule has 0 aliphatic carbocycles. The Morgan fingerprint density at radius 3 is 2.61 bits per heavy atom. The lowest BCUT2D eigenvalue weighted by Crippen LogP contribution is -2.47. The van der Waals surface area contributed by atoms with Crippen LogP contribution in [0.25, 0.3) is 0 Å². The summed E-state index contributed by atoms with van der Waals surface area (Å²) in [5, 5.41) is 16.9. The maximum Gasteiger partial charge on any atom is 0.321 e. The van der Waals surface area contributed by atoms with Crippen LogP contribution in [0.1, 0.15) is 12.5 Å². The zero-order chi connectivity index (χ0) is 13.5. The highest BCUT2D eigenvalue weighted by Gasteiger charge is 2.14. The molecule has 98 valence electrons. The maximum absolute atomic E-state index is 11.5. The van der Waals surface area contributed by atoms with Gasteiger partial charge >= 0.3 is 6.03 Å². The van der Waals surface area contributed by atoms with Gasteiger partial charge in [-0.2, -0.15) is 0 Å². The van der Waals surface area contributed by atoms with Crippen LogP contribution in [0, 0.1) is 0 Å². The van der Waals surface area contributed by atoms with E-state index in [4.69, 9.17) is 0 Å². The van der Waals surface area contributed by atoms with Crippen molar-refractivity contribution in [2.24, 2.45) is 0 Å². The summed E-state index contributed by atoms with van der Waals surface area (Å²) >= 11 is 0. The summed E-state index contributed by atoms with van der Waals surface area (Å²) in [5.74, 6) is -0.256. The number of amides is 3. The lowest BCUT2D eigenvalue weighted by atomic mass is 10.2. The molecule has 1 aromatic carbocycles. The van der Waals surface area contributed by atoms with Gasteiger partial charge in [-0.1, -0.05) is 18.2 Å². The maximum atomic E-state index is 11.5. The predicted molar refractivity (Wildman–Crippen MR) is 67.0 cm³/mol. The number of rotatable bonds is 4. The van der Waals surface area contributed by atoms with Gasteiger partial charge < -0.3 is 15.7 Å². The first-order valence-electron chi connectivity index (χ1n) is 5.57. The summed E-state index contributed by atoms with van der Waals surface area (Å²) < 4.78 is 0. The van der Waals surface area contributed by atoms with Crippen LogP contribution in [-0.4, -0.2) is 30.1 Å². The molecule has 0 saturated carbocycles. The molecule has 0 spiro atoms. The van der Waals surface area contributed by atoms with E-state index in [1.165, 1.54) is 7.05 Å². The first-order valence-corrected chi connectivity index (χ1v) is 5.57. The predicted octanol–water partition coefficient (Wildman–Crippen LogP) is 0.326. The van der Waals surface area contributed by atoms with Crippen molar-refractivity contribution in [1.29, 1.82) is 0 Å². The standard InChI is InChI=1S/C12H17N3O3/c1-8(11(17)15-12(18)13-2)14-7-9-5-3-4-6-10(9)16/h3-6,8,14,16H,7H2,1-2H3,(H2,13,15,17,18). The highest BCUT2D eigenvalue weighted by Crippen LogP contribution is 2.14. The van der Waals surface area contributed by atoms with Gasteiger partial charge in [0.1, 0.15) is 5.75 Å². The van der Waals surface area contributed by atoms with Crippen LogP contribution in [0.3, 0.4) is 0 Å². The number of imide groups is 1. The second-order valence-electron chi connectivity index (χ2n) is 3.80. The molecule has 1 unspecified atom stereocenters. The molecule has 0 aliphatic rings. The number of carbonyl (C=O) groups is 2. The van der Waals surface area contributed by atoms with Crippen LogP contribution in [0.4, 0.5) is 4.79 Å². The van der Waals surface area contributed by atoms with Crippen LogP contribution >= 0.6 is 0 Å². The monoisotopic (exact) mass is 251 g/mol. The minimum atomic E-state index is -0.545. The molecule has 6 heteroatoms. The van der Waals surface area contributed by atoms with Crippen molar-refractivity contribution in [3.63, 3.8) is 0 Å². The lowest BCUT2D eigenvalue weighted by Gasteiger charge is -2.13. The Bertz CT molecular complexity index is 434. The van der Waals surface area contributed by atoms with Crippen molar-refractivity contribution in [3.05, 3.63) is 29.8 Å². The summed E-state index contributed by atoms with van der Waals surface area (Å²) in [4.78, 5) is 22.5. The number of benzene rings is 1. The molecule has 0 aromatic heterocycles. The minimum Gasteiger partial charge on any atom is -0.508 e. The number of nitrogens with one attached hydrogen (secondary N) is 3. The van der Waals surface area contributed by atoms with Crippen LogP contribution in [0.5, 0.6) is 5.75 Å². The molecular weight excluding hydrogens is 234 g/mol. The average molecular weight is 251 g/mol. The van der Waals surface area contributed by atoms with Crippen LogP contribution < -0.4 is 16.0 Å². The number of carbonyl (C=O) groups excluding carboxylic acids is 2. The number of hydrogen-bond acceptors (Lipinski definition) is 4. The van der Waals surface area contributed by atoms with Crippen molar-refractivity contribution in [1.82, 2.24) is 16.0 Å². The van der Waals surface area contributed by atoms with Crippen LogP contribution in [-0.2, 0) is 11.3 Å². The zero-order valence-corrected chi connectivity index (χ0v) is 10.4. The fourth-order valence-electron chi connectivity index (χ4n) is 1.30. The molecule has 0 radical (unpaired) electrons. The molecule has 1 aromatic rings. The Balaban J connectivity index is 2.46. The Morgan fingerprint density at radius 1 is 1.33 bits per heavy atom. The summed E-state index contributed by atoms with van der Waals surface area (Å²) in [6, 6.07) is 5.77. The molecule has 0 fully saturated rings. The van der Waals surface area contributed by atoms with E-state index in [1.807, 2.05) is 0 Å². The highest BCUT2D eigenvalue weighted by molar-refractivity contribution is 5.96. The molecule has 0 aliphatic heterocycles. The van der Waals surface area contributed by atoms with Gasteiger partial charge in [0.15, 0.2) is 0 Å². The summed E-state index contributed by atoms with van der Waals surface area (Å²) in [5.41, 5.74) is 0.692. The molecule has 0 bridgehead atoms. The number of urea groups is 1. The largest absolute Gasteiger partial charge is 0.508 e. The Morgan fingerprint density at radius 2 is 2.00 bits per heavy atom. The van der Waals surface area contributed by atoms with E-state index in [-0.39, 0.29) is 5.75 Å². The third-order valence-electron chi connectivity index (χ3n) is 2.45. The molecule has 1 rings (SSSR count). The van der Waals surface area contributed by atoms with Gasteiger partial charge in [0.05, 0.1) is 6.04 Å². The van der Waals surface area contributed by atoms with Gasteiger partial charge in [0, 0.05) is 19.2 Å². The third kappa shape index (κ3) is 4.06. The summed E-state index contributed by atoms with van der Waals surface area (Å²) in [7, 11) is 1.43. The Hall–Kier alpha value is -2.08. The van der Waals surface area contributed by atoms with E-state index in [0.717, 1.165) is 0 Å². The molecule has 0 heterocycles. The fraction of sp³-hybridized carbons (Fsp3) is 0.333. The number of aromatic hydroxyl groups is 1. The van der Waals surface area contributed by atoms with E-state index in [2.05, 4.69) is 16.0 Å². The van der Waals surface area contributed by atoms with Crippen molar-refractivity contribution in [2.45, 2.75) is 19.5 Å². The molecule has 4 N–H and O–H groups in total. The smallest absolute Gasteiger partial charge is 0.321 e. The van der Waals surface area contributed by atoms with Gasteiger partial charge in [0.2, 0.25) is 5.91 Å². The van der Waals surface area contributed by atoms with Crippen molar-refractivity contribution in [2.75, 3.05) is 7.05 Å². The summed E-state index contributed by atoms with van der Waals surface area (Å²) in [6.07, 6.45) is 0. The van der Waals surface area contributed by atoms with Crippen molar-refractivity contribution >= 4 is 11.9 Å². The molecule has 3 amide bonds. The van der Waals surface area contributed by atoms with Crippen molar-refractivity contribution in [3.8, 4) is 5.75 Å². The van der Waals surface area contributed by atoms with Gasteiger partial charge in [-0.3, -0.25) is 10.1 Å². The van der Waals surface area contributed by atoms with E-state index in [9.17, 15) is 14.7 Å². The lowest BCUT2D eigenvalue weighted by molar-refractivity contribution is -0.121. The second kappa shape index (κ2) is 6.61. The van der Waals surface area contributed by atoms with Crippen molar-refractivity contribution < 1.29 is 14.7 Å². The van der Waals surface area contributed by atoms with E-state index in [1.54, 1.807) is 31.2 Å². The SMILES string of the molecule is CNC(=O)NC(=O)C(C)NCc1ccccc1O. The highest BCUT2D eigenvalue weighted by atomic mass is 16.3.